The first kappa shape index (κ1) is 16.8. The molecule has 0 unspecified atom stereocenters. The number of benzene rings is 1. The lowest BCUT2D eigenvalue weighted by Crippen LogP contribution is -2.33. The minimum atomic E-state index is -4.39. The van der Waals surface area contributed by atoms with Crippen molar-refractivity contribution in [1.29, 1.82) is 0 Å². The zero-order chi connectivity index (χ0) is 15.0. The van der Waals surface area contributed by atoms with Crippen molar-refractivity contribution in [3.05, 3.63) is 36.0 Å². The highest BCUT2D eigenvalue weighted by molar-refractivity contribution is 5.94. The van der Waals surface area contributed by atoms with Crippen LogP contribution in [0, 0.1) is 0 Å². The van der Waals surface area contributed by atoms with Gasteiger partial charge in [-0.15, -0.1) is 12.4 Å². The van der Waals surface area contributed by atoms with E-state index in [1.807, 2.05) is 11.9 Å². The molecule has 0 aliphatic carbocycles. The highest BCUT2D eigenvalue weighted by Crippen LogP contribution is 2.37. The van der Waals surface area contributed by atoms with Gasteiger partial charge in [-0.1, -0.05) is 0 Å². The summed E-state index contributed by atoms with van der Waals surface area (Å²) in [4.78, 5) is 6.00. The molecule has 7 heteroatoms. The third-order valence-corrected chi connectivity index (χ3v) is 4.01. The van der Waals surface area contributed by atoms with Gasteiger partial charge in [0.1, 0.15) is 0 Å². The topological polar surface area (TPSA) is 28.2 Å². The van der Waals surface area contributed by atoms with E-state index in [1.165, 1.54) is 6.20 Å². The molecule has 2 heterocycles. The van der Waals surface area contributed by atoms with Crippen LogP contribution in [-0.2, 0) is 6.18 Å². The third-order valence-electron chi connectivity index (χ3n) is 4.01. The molecule has 0 spiro atoms. The highest BCUT2D eigenvalue weighted by atomic mass is 35.5. The molecule has 1 aliphatic heterocycles. The molecule has 1 aromatic heterocycles. The van der Waals surface area contributed by atoms with Crippen LogP contribution in [0.4, 0.5) is 18.9 Å². The van der Waals surface area contributed by atoms with Crippen LogP contribution in [-0.4, -0.2) is 31.2 Å². The fourth-order valence-electron chi connectivity index (χ4n) is 2.86. The van der Waals surface area contributed by atoms with Crippen molar-refractivity contribution in [2.75, 3.05) is 25.0 Å². The number of likely N-dealkylation sites (N-methyl/N-ethyl adjacent to an activating group) is 1. The summed E-state index contributed by atoms with van der Waals surface area (Å²) in [6, 6.07) is 6.35. The molecule has 120 valence electrons. The molecular formula is C15H17ClF3N3. The summed E-state index contributed by atoms with van der Waals surface area (Å²) in [5, 5.41) is 3.81. The Morgan fingerprint density at radius 3 is 2.68 bits per heavy atom. The monoisotopic (exact) mass is 331 g/mol. The second-order valence-corrected chi connectivity index (χ2v) is 5.29. The average molecular weight is 332 g/mol. The van der Waals surface area contributed by atoms with Crippen molar-refractivity contribution in [1.82, 2.24) is 10.3 Å². The normalized spacial score (nSPS) is 18.3. The Bertz CT molecular complexity index is 654. The number of hydrogen-bond acceptors (Lipinski definition) is 3. The van der Waals surface area contributed by atoms with Gasteiger partial charge in [-0.25, -0.2) is 0 Å². The minimum absolute atomic E-state index is 0. The summed E-state index contributed by atoms with van der Waals surface area (Å²) in [6.45, 7) is 1.78. The second kappa shape index (κ2) is 6.30. The van der Waals surface area contributed by atoms with Crippen molar-refractivity contribution in [3.63, 3.8) is 0 Å². The Labute approximate surface area is 132 Å². The second-order valence-electron chi connectivity index (χ2n) is 5.29. The number of nitrogens with zero attached hydrogens (tertiary/aromatic N) is 2. The maximum Gasteiger partial charge on any atom is 0.418 e. The number of nitrogens with one attached hydrogen (secondary N) is 1. The van der Waals surface area contributed by atoms with Gasteiger partial charge in [-0.3, -0.25) is 4.98 Å². The van der Waals surface area contributed by atoms with Crippen LogP contribution in [0.15, 0.2) is 30.5 Å². The predicted octanol–water partition coefficient (Wildman–Crippen LogP) is 3.47. The number of aromatic nitrogens is 1. The van der Waals surface area contributed by atoms with E-state index in [2.05, 4.69) is 10.3 Å². The maximum atomic E-state index is 13.1. The third kappa shape index (κ3) is 2.98. The Morgan fingerprint density at radius 2 is 2.05 bits per heavy atom. The van der Waals surface area contributed by atoms with E-state index in [1.54, 1.807) is 18.2 Å². The molecule has 1 aromatic carbocycles. The molecule has 2 aromatic rings. The fourth-order valence-corrected chi connectivity index (χ4v) is 2.86. The number of rotatable bonds is 2. The first-order chi connectivity index (χ1) is 9.98. The number of halogens is 4. The zero-order valence-corrected chi connectivity index (χ0v) is 12.8. The molecule has 3 nitrogen and oxygen atoms in total. The van der Waals surface area contributed by atoms with Crippen LogP contribution in [0.25, 0.3) is 10.9 Å². The Balaban J connectivity index is 0.00000176. The zero-order valence-electron chi connectivity index (χ0n) is 12.0. The molecular weight excluding hydrogens is 315 g/mol. The van der Waals surface area contributed by atoms with Crippen molar-refractivity contribution in [2.45, 2.75) is 18.6 Å². The van der Waals surface area contributed by atoms with Gasteiger partial charge in [-0.2, -0.15) is 13.2 Å². The average Bonchev–Trinajstić information content (AvgIpc) is 2.98. The minimum Gasteiger partial charge on any atom is -0.370 e. The van der Waals surface area contributed by atoms with Crippen LogP contribution in [0.3, 0.4) is 0 Å². The van der Waals surface area contributed by atoms with Crippen LogP contribution in [0.1, 0.15) is 12.0 Å². The van der Waals surface area contributed by atoms with E-state index in [9.17, 15) is 13.2 Å². The van der Waals surface area contributed by atoms with Crippen molar-refractivity contribution in [3.8, 4) is 0 Å². The van der Waals surface area contributed by atoms with Gasteiger partial charge in [-0.05, 0) is 37.2 Å². The smallest absolute Gasteiger partial charge is 0.370 e. The van der Waals surface area contributed by atoms with E-state index in [4.69, 9.17) is 0 Å². The van der Waals surface area contributed by atoms with E-state index < -0.39 is 11.7 Å². The van der Waals surface area contributed by atoms with Gasteiger partial charge in [0.05, 0.1) is 11.1 Å². The van der Waals surface area contributed by atoms with Gasteiger partial charge < -0.3 is 10.2 Å². The Hall–Kier alpha value is -1.53. The molecule has 1 fully saturated rings. The molecule has 3 rings (SSSR count). The molecule has 22 heavy (non-hydrogen) atoms. The van der Waals surface area contributed by atoms with Crippen LogP contribution >= 0.6 is 12.4 Å². The number of hydrogen-bond donors (Lipinski definition) is 1. The Kier molecular flexibility index (Phi) is 4.82. The summed E-state index contributed by atoms with van der Waals surface area (Å²) >= 11 is 0. The fraction of sp³-hybridized carbons (Fsp3) is 0.400. The lowest BCUT2D eigenvalue weighted by molar-refractivity contribution is -0.136. The molecule has 1 N–H and O–H groups in total. The lowest BCUT2D eigenvalue weighted by atomic mass is 10.1. The maximum absolute atomic E-state index is 13.1. The number of fused-ring (bicyclic) bond motifs is 1. The predicted molar refractivity (Wildman–Crippen MR) is 83.7 cm³/mol. The van der Waals surface area contributed by atoms with Crippen LogP contribution < -0.4 is 10.2 Å². The standard InChI is InChI=1S/C15H16F3N3.ClH/c1-21(10-6-8-19-9-10)13-5-4-12(15(16,17)18)14-11(13)3-2-7-20-14;/h2-5,7,10,19H,6,8-9H2,1H3;1H/t10-;/m0./s1. The summed E-state index contributed by atoms with van der Waals surface area (Å²) in [6.07, 6.45) is -2.00. The number of anilines is 1. The SMILES string of the molecule is CN(c1ccc(C(F)(F)F)c2ncccc12)[C@H]1CCNC1.Cl. The number of pyridine rings is 1. The summed E-state index contributed by atoms with van der Waals surface area (Å²) in [5.74, 6) is 0. The van der Waals surface area contributed by atoms with Crippen LogP contribution in [0.2, 0.25) is 0 Å². The van der Waals surface area contributed by atoms with Crippen molar-refractivity contribution < 1.29 is 13.2 Å². The molecule has 0 amide bonds. The molecule has 0 saturated carbocycles. The summed E-state index contributed by atoms with van der Waals surface area (Å²) in [5.41, 5.74) is 0.125. The Morgan fingerprint density at radius 1 is 1.27 bits per heavy atom. The van der Waals surface area contributed by atoms with Crippen LogP contribution in [0.5, 0.6) is 0 Å². The van der Waals surface area contributed by atoms with Crippen molar-refractivity contribution in [2.24, 2.45) is 0 Å². The van der Waals surface area contributed by atoms with E-state index in [0.717, 1.165) is 31.3 Å². The quantitative estimate of drug-likeness (QED) is 0.913. The summed E-state index contributed by atoms with van der Waals surface area (Å²) in [7, 11) is 1.92. The first-order valence-electron chi connectivity index (χ1n) is 6.87. The van der Waals surface area contributed by atoms with E-state index in [0.29, 0.717) is 11.4 Å². The van der Waals surface area contributed by atoms with Gasteiger partial charge >= 0.3 is 6.18 Å². The lowest BCUT2D eigenvalue weighted by Gasteiger charge is -2.27. The van der Waals surface area contributed by atoms with Gasteiger partial charge in [0, 0.05) is 36.9 Å². The summed E-state index contributed by atoms with van der Waals surface area (Å²) < 4.78 is 39.3. The molecule has 1 saturated heterocycles. The van der Waals surface area contributed by atoms with Crippen molar-refractivity contribution >= 4 is 29.0 Å². The van der Waals surface area contributed by atoms with Gasteiger partial charge in [0.2, 0.25) is 0 Å². The molecule has 0 bridgehead atoms. The molecule has 1 aliphatic rings. The number of alkyl halides is 3. The van der Waals surface area contributed by atoms with Gasteiger partial charge in [0.25, 0.3) is 0 Å². The largest absolute Gasteiger partial charge is 0.418 e. The van der Waals surface area contributed by atoms with E-state index >= 15 is 0 Å². The highest BCUT2D eigenvalue weighted by Gasteiger charge is 2.34. The first-order valence-corrected chi connectivity index (χ1v) is 6.87. The molecule has 0 radical (unpaired) electrons. The van der Waals surface area contributed by atoms with Gasteiger partial charge in [0.15, 0.2) is 0 Å². The molecule has 1 atom stereocenters. The van der Waals surface area contributed by atoms with E-state index in [-0.39, 0.29) is 17.9 Å².